The second-order valence-corrected chi connectivity index (χ2v) is 4.90. The highest BCUT2D eigenvalue weighted by molar-refractivity contribution is 5.72. The molecular weight excluding hydrogens is 262 g/mol. The van der Waals surface area contributed by atoms with Crippen LogP contribution in [0.15, 0.2) is 24.3 Å². The monoisotopic (exact) mass is 281 g/mol. The van der Waals surface area contributed by atoms with E-state index in [-0.39, 0.29) is 12.6 Å². The van der Waals surface area contributed by atoms with Crippen molar-refractivity contribution in [1.82, 2.24) is 0 Å². The molecule has 0 spiro atoms. The maximum atomic E-state index is 11.6. The molecule has 1 rings (SSSR count). The first kappa shape index (κ1) is 15.9. The summed E-state index contributed by atoms with van der Waals surface area (Å²) in [6, 6.07) is 6.52. The van der Waals surface area contributed by atoms with E-state index in [1.54, 1.807) is 24.3 Å². The Hall–Kier alpha value is -2.11. The molecule has 0 aliphatic carbocycles. The summed E-state index contributed by atoms with van der Waals surface area (Å²) >= 11 is 0. The maximum Gasteiger partial charge on any atom is 0.311 e. The van der Waals surface area contributed by atoms with Crippen molar-refractivity contribution < 1.29 is 19.5 Å². The van der Waals surface area contributed by atoms with Crippen molar-refractivity contribution in [3.63, 3.8) is 0 Å². The normalized spacial score (nSPS) is 10.3. The van der Waals surface area contributed by atoms with Gasteiger partial charge < -0.3 is 9.57 Å². The Morgan fingerprint density at radius 3 is 2.80 bits per heavy atom. The van der Waals surface area contributed by atoms with Crippen molar-refractivity contribution in [3.8, 4) is 5.75 Å². The van der Waals surface area contributed by atoms with E-state index >= 15 is 0 Å². The summed E-state index contributed by atoms with van der Waals surface area (Å²) in [5.74, 6) is 0.646. The van der Waals surface area contributed by atoms with Gasteiger partial charge in [-0.1, -0.05) is 32.4 Å². The summed E-state index contributed by atoms with van der Waals surface area (Å²) in [7, 11) is 0. The summed E-state index contributed by atoms with van der Waals surface area (Å²) < 4.78 is 5.18. The van der Waals surface area contributed by atoms with Gasteiger partial charge in [0, 0.05) is 6.42 Å². The third-order valence-electron chi connectivity index (χ3n) is 2.63. The molecule has 0 bridgehead atoms. The van der Waals surface area contributed by atoms with Crippen molar-refractivity contribution in [2.75, 3.05) is 0 Å². The van der Waals surface area contributed by atoms with E-state index in [2.05, 4.69) is 18.7 Å². The molecule has 0 aromatic heterocycles. The van der Waals surface area contributed by atoms with Gasteiger partial charge in [-0.2, -0.15) is 0 Å². The van der Waals surface area contributed by atoms with Gasteiger partial charge in [0.05, 0.1) is 0 Å². The number of ether oxygens (including phenoxy) is 1. The fourth-order valence-electron chi connectivity index (χ4n) is 1.66. The van der Waals surface area contributed by atoms with Crippen LogP contribution in [0.3, 0.4) is 0 Å². The van der Waals surface area contributed by atoms with Crippen LogP contribution in [0.4, 0.5) is 0 Å². The van der Waals surface area contributed by atoms with Gasteiger partial charge in [0.15, 0.2) is 0 Å². The minimum absolute atomic E-state index is 0.161. The third kappa shape index (κ3) is 6.72. The summed E-state index contributed by atoms with van der Waals surface area (Å²) in [6.07, 6.45) is 2.14. The molecule has 0 heterocycles. The van der Waals surface area contributed by atoms with Crippen LogP contribution in [0.25, 0.3) is 0 Å². The molecule has 0 atom stereocenters. The van der Waals surface area contributed by atoms with Gasteiger partial charge in [0.2, 0.25) is 0 Å². The van der Waals surface area contributed by atoms with E-state index in [1.165, 1.54) is 0 Å². The zero-order valence-corrected chi connectivity index (χ0v) is 11.7. The molecule has 0 saturated heterocycles. The minimum Gasteiger partial charge on any atom is -0.427 e. The van der Waals surface area contributed by atoms with Crippen LogP contribution in [0.5, 0.6) is 5.75 Å². The summed E-state index contributed by atoms with van der Waals surface area (Å²) in [5.41, 5.74) is 0.578. The van der Waals surface area contributed by atoms with Gasteiger partial charge in [-0.15, -0.1) is 10.1 Å². The predicted molar refractivity (Wildman–Crippen MR) is 72.5 cm³/mol. The topological polar surface area (TPSA) is 78.7 Å². The van der Waals surface area contributed by atoms with E-state index in [0.717, 1.165) is 12.8 Å². The first-order valence-corrected chi connectivity index (χ1v) is 6.54. The van der Waals surface area contributed by atoms with E-state index in [9.17, 15) is 14.9 Å². The molecule has 1 aromatic carbocycles. The molecule has 0 radical (unpaired) electrons. The van der Waals surface area contributed by atoms with Gasteiger partial charge in [0.25, 0.3) is 5.09 Å². The zero-order chi connectivity index (χ0) is 15.0. The number of nitrogens with zero attached hydrogens (tertiary/aromatic N) is 1. The van der Waals surface area contributed by atoms with E-state index in [4.69, 9.17) is 4.74 Å². The Kier molecular flexibility index (Phi) is 6.49. The second-order valence-electron chi connectivity index (χ2n) is 4.90. The standard InChI is InChI=1S/C14H19NO5/c1-11(2)5-3-8-14(16)20-13-7-4-6-12(9-13)10-19-15(17)18/h4,6-7,9,11H,3,5,8,10H2,1-2H3. The molecule has 0 N–H and O–H groups in total. The largest absolute Gasteiger partial charge is 0.427 e. The maximum absolute atomic E-state index is 11.6. The molecule has 20 heavy (non-hydrogen) atoms. The predicted octanol–water partition coefficient (Wildman–Crippen LogP) is 3.13. The summed E-state index contributed by atoms with van der Waals surface area (Å²) in [5, 5.41) is 9.25. The second kappa shape index (κ2) is 8.14. The molecule has 6 nitrogen and oxygen atoms in total. The van der Waals surface area contributed by atoms with Crippen LogP contribution in [-0.2, 0) is 16.2 Å². The van der Waals surface area contributed by atoms with Crippen molar-refractivity contribution in [1.29, 1.82) is 0 Å². The Labute approximate surface area is 117 Å². The highest BCUT2D eigenvalue weighted by Gasteiger charge is 2.07. The van der Waals surface area contributed by atoms with E-state index < -0.39 is 5.09 Å². The van der Waals surface area contributed by atoms with Gasteiger partial charge >= 0.3 is 5.97 Å². The van der Waals surface area contributed by atoms with Gasteiger partial charge in [0.1, 0.15) is 12.4 Å². The molecule has 1 aromatic rings. The molecule has 0 aliphatic heterocycles. The van der Waals surface area contributed by atoms with Crippen LogP contribution in [0, 0.1) is 16.0 Å². The Bertz CT molecular complexity index is 459. The Morgan fingerprint density at radius 1 is 1.40 bits per heavy atom. The molecule has 0 aliphatic rings. The fourth-order valence-corrected chi connectivity index (χ4v) is 1.66. The molecule has 6 heteroatoms. The number of carbonyl (C=O) groups excluding carboxylic acids is 1. The van der Waals surface area contributed by atoms with E-state index in [1.807, 2.05) is 0 Å². The first-order valence-electron chi connectivity index (χ1n) is 6.54. The van der Waals surface area contributed by atoms with Crippen LogP contribution >= 0.6 is 0 Å². The van der Waals surface area contributed by atoms with Gasteiger partial charge in [-0.05, 0) is 30.0 Å². The van der Waals surface area contributed by atoms with Crippen LogP contribution < -0.4 is 4.74 Å². The summed E-state index contributed by atoms with van der Waals surface area (Å²) in [4.78, 5) is 26.0. The SMILES string of the molecule is CC(C)CCCC(=O)Oc1cccc(CO[N+](=O)[O-])c1. The van der Waals surface area contributed by atoms with Crippen molar-refractivity contribution in [2.24, 2.45) is 5.92 Å². The van der Waals surface area contributed by atoms with Gasteiger partial charge in [-0.3, -0.25) is 4.79 Å². The number of benzene rings is 1. The molecule has 110 valence electrons. The lowest BCUT2D eigenvalue weighted by Crippen LogP contribution is -2.08. The molecule has 0 fully saturated rings. The van der Waals surface area contributed by atoms with Crippen molar-refractivity contribution >= 4 is 5.97 Å². The molecule has 0 saturated carbocycles. The lowest BCUT2D eigenvalue weighted by Gasteiger charge is -2.07. The number of rotatable bonds is 8. The lowest BCUT2D eigenvalue weighted by atomic mass is 10.1. The van der Waals surface area contributed by atoms with E-state index in [0.29, 0.717) is 23.7 Å². The quantitative estimate of drug-likeness (QED) is 0.316. The smallest absolute Gasteiger partial charge is 0.311 e. The Balaban J connectivity index is 2.44. The molecule has 0 amide bonds. The first-order chi connectivity index (χ1) is 9.47. The number of hydrogen-bond donors (Lipinski definition) is 0. The minimum atomic E-state index is -0.857. The summed E-state index contributed by atoms with van der Waals surface area (Å²) in [6.45, 7) is 4.04. The zero-order valence-electron chi connectivity index (χ0n) is 11.7. The fraction of sp³-hybridized carbons (Fsp3) is 0.500. The number of esters is 1. The molecular formula is C14H19NO5. The lowest BCUT2D eigenvalue weighted by molar-refractivity contribution is -0.763. The average molecular weight is 281 g/mol. The highest BCUT2D eigenvalue weighted by Crippen LogP contribution is 2.16. The number of carbonyl (C=O) groups is 1. The molecule has 0 unspecified atom stereocenters. The third-order valence-corrected chi connectivity index (χ3v) is 2.63. The Morgan fingerprint density at radius 2 is 2.15 bits per heavy atom. The van der Waals surface area contributed by atoms with Crippen LogP contribution in [0.1, 0.15) is 38.7 Å². The highest BCUT2D eigenvalue weighted by atomic mass is 16.9. The van der Waals surface area contributed by atoms with Gasteiger partial charge in [-0.25, -0.2) is 0 Å². The van der Waals surface area contributed by atoms with Crippen molar-refractivity contribution in [2.45, 2.75) is 39.7 Å². The average Bonchev–Trinajstić information content (AvgIpc) is 2.36. The van der Waals surface area contributed by atoms with Crippen LogP contribution in [-0.4, -0.2) is 11.1 Å². The van der Waals surface area contributed by atoms with Crippen molar-refractivity contribution in [3.05, 3.63) is 39.9 Å². The number of hydrogen-bond acceptors (Lipinski definition) is 5. The van der Waals surface area contributed by atoms with Crippen LogP contribution in [0.2, 0.25) is 0 Å².